The molecule has 0 amide bonds. The van der Waals surface area contributed by atoms with Crippen LogP contribution in [0.4, 0.5) is 0 Å². The monoisotopic (exact) mass is 456 g/mol. The third kappa shape index (κ3) is 2.99. The number of hydrogen-bond donors (Lipinski definition) is 2. The van der Waals surface area contributed by atoms with Gasteiger partial charge < -0.3 is 10.2 Å². The number of fused-ring (bicyclic) bond motifs is 7. The molecule has 5 aliphatic carbocycles. The lowest BCUT2D eigenvalue weighted by molar-refractivity contribution is -0.200. The van der Waals surface area contributed by atoms with Gasteiger partial charge in [-0.1, -0.05) is 60.1 Å². The third-order valence-electron chi connectivity index (χ3n) is 12.7. The molecule has 0 aromatic rings. The van der Waals surface area contributed by atoms with Crippen molar-refractivity contribution >= 4 is 5.97 Å². The van der Waals surface area contributed by atoms with E-state index in [1.807, 2.05) is 0 Å². The molecule has 0 bridgehead atoms. The van der Waals surface area contributed by atoms with Crippen LogP contribution < -0.4 is 0 Å². The van der Waals surface area contributed by atoms with Gasteiger partial charge in [0.05, 0.1) is 11.5 Å². The van der Waals surface area contributed by atoms with Crippen molar-refractivity contribution in [3.8, 4) is 0 Å². The molecule has 0 saturated heterocycles. The van der Waals surface area contributed by atoms with E-state index in [4.69, 9.17) is 0 Å². The van der Waals surface area contributed by atoms with Gasteiger partial charge in [-0.05, 0) is 109 Å². The van der Waals surface area contributed by atoms with Gasteiger partial charge in [0.2, 0.25) is 0 Å². The zero-order valence-electron chi connectivity index (χ0n) is 22.3. The highest BCUT2D eigenvalue weighted by atomic mass is 16.4. The zero-order chi connectivity index (χ0) is 24.2. The van der Waals surface area contributed by atoms with E-state index in [1.165, 1.54) is 18.4 Å². The summed E-state index contributed by atoms with van der Waals surface area (Å²) in [6.07, 6.45) is 12.4. The molecule has 33 heavy (non-hydrogen) atoms. The van der Waals surface area contributed by atoms with E-state index >= 15 is 0 Å². The van der Waals surface area contributed by atoms with Crippen molar-refractivity contribution < 1.29 is 15.0 Å². The van der Waals surface area contributed by atoms with Crippen molar-refractivity contribution in [1.29, 1.82) is 0 Å². The number of aliphatic hydroxyl groups excluding tert-OH is 1. The smallest absolute Gasteiger partial charge is 0.310 e. The summed E-state index contributed by atoms with van der Waals surface area (Å²) in [5.41, 5.74) is 1.70. The molecule has 5 aliphatic rings. The van der Waals surface area contributed by atoms with Gasteiger partial charge >= 0.3 is 5.97 Å². The summed E-state index contributed by atoms with van der Waals surface area (Å²) in [7, 11) is 0. The second-order valence-electron chi connectivity index (χ2n) is 15.2. The van der Waals surface area contributed by atoms with Crippen LogP contribution in [0.25, 0.3) is 0 Å². The van der Waals surface area contributed by atoms with E-state index in [2.05, 4.69) is 54.5 Å². The molecule has 186 valence electrons. The molecule has 0 aromatic carbocycles. The molecular formula is C30H48O3. The number of carbonyl (C=O) groups is 1. The van der Waals surface area contributed by atoms with E-state index in [9.17, 15) is 15.0 Å². The quantitative estimate of drug-likeness (QED) is 0.409. The molecule has 0 heterocycles. The normalized spacial score (nSPS) is 52.4. The number of aliphatic hydroxyl groups is 1. The predicted molar refractivity (Wildman–Crippen MR) is 133 cm³/mol. The maximum absolute atomic E-state index is 12.8. The number of carboxylic acid groups (broad SMARTS) is 1. The minimum Gasteiger partial charge on any atom is -0.481 e. The molecule has 4 fully saturated rings. The van der Waals surface area contributed by atoms with Crippen molar-refractivity contribution in [2.45, 2.75) is 119 Å². The molecule has 2 N–H and O–H groups in total. The Morgan fingerprint density at radius 3 is 2.21 bits per heavy atom. The van der Waals surface area contributed by atoms with Gasteiger partial charge in [0.1, 0.15) is 0 Å². The van der Waals surface area contributed by atoms with Crippen LogP contribution in [0.15, 0.2) is 11.6 Å². The number of rotatable bonds is 1. The highest BCUT2D eigenvalue weighted by Gasteiger charge is 2.69. The third-order valence-corrected chi connectivity index (χ3v) is 12.7. The van der Waals surface area contributed by atoms with Crippen LogP contribution >= 0.6 is 0 Å². The van der Waals surface area contributed by atoms with Crippen LogP contribution in [-0.4, -0.2) is 22.3 Å². The van der Waals surface area contributed by atoms with Crippen LogP contribution in [0.3, 0.4) is 0 Å². The Kier molecular flexibility index (Phi) is 4.99. The largest absolute Gasteiger partial charge is 0.481 e. The summed E-state index contributed by atoms with van der Waals surface area (Å²) in [5, 5.41) is 21.4. The summed E-state index contributed by atoms with van der Waals surface area (Å²) in [4.78, 5) is 12.8. The molecular weight excluding hydrogens is 408 g/mol. The Morgan fingerprint density at radius 2 is 1.55 bits per heavy atom. The molecule has 2 unspecified atom stereocenters. The summed E-state index contributed by atoms with van der Waals surface area (Å²) in [5.74, 6) is 0.834. The van der Waals surface area contributed by atoms with Gasteiger partial charge in [0.25, 0.3) is 0 Å². The highest BCUT2D eigenvalue weighted by Crippen LogP contribution is 2.75. The van der Waals surface area contributed by atoms with Crippen molar-refractivity contribution in [1.82, 2.24) is 0 Å². The van der Waals surface area contributed by atoms with E-state index in [0.717, 1.165) is 51.4 Å². The first-order valence-electron chi connectivity index (χ1n) is 13.7. The Morgan fingerprint density at radius 1 is 0.879 bits per heavy atom. The second kappa shape index (κ2) is 6.89. The van der Waals surface area contributed by atoms with Crippen molar-refractivity contribution in [2.75, 3.05) is 0 Å². The minimum atomic E-state index is -0.561. The van der Waals surface area contributed by atoms with Crippen LogP contribution in [-0.2, 0) is 4.79 Å². The first-order chi connectivity index (χ1) is 15.1. The fraction of sp³-hybridized carbons (Fsp3) is 0.900. The highest BCUT2D eigenvalue weighted by molar-refractivity contribution is 5.76. The summed E-state index contributed by atoms with van der Waals surface area (Å²) >= 11 is 0. The fourth-order valence-electron chi connectivity index (χ4n) is 10.9. The molecule has 0 spiro atoms. The summed E-state index contributed by atoms with van der Waals surface area (Å²) < 4.78 is 0. The lowest BCUT2D eigenvalue weighted by Gasteiger charge is -2.71. The van der Waals surface area contributed by atoms with Gasteiger partial charge in [-0.25, -0.2) is 0 Å². The second-order valence-corrected chi connectivity index (χ2v) is 15.2. The molecule has 0 radical (unpaired) electrons. The average Bonchev–Trinajstić information content (AvgIpc) is 2.66. The van der Waals surface area contributed by atoms with E-state index in [0.29, 0.717) is 11.8 Å². The zero-order valence-corrected chi connectivity index (χ0v) is 22.3. The van der Waals surface area contributed by atoms with Gasteiger partial charge in [0, 0.05) is 0 Å². The predicted octanol–water partition coefficient (Wildman–Crippen LogP) is 7.23. The van der Waals surface area contributed by atoms with E-state index in [-0.39, 0.29) is 39.1 Å². The lowest BCUT2D eigenvalue weighted by Crippen LogP contribution is -2.64. The Hall–Kier alpha value is -0.830. The van der Waals surface area contributed by atoms with Crippen molar-refractivity contribution in [3.05, 3.63) is 11.6 Å². The van der Waals surface area contributed by atoms with Crippen LogP contribution in [0.1, 0.15) is 113 Å². The summed E-state index contributed by atoms with van der Waals surface area (Å²) in [6.45, 7) is 17.0. The molecule has 4 saturated carbocycles. The number of carboxylic acids is 1. The maximum Gasteiger partial charge on any atom is 0.310 e. The molecule has 0 aromatic heterocycles. The van der Waals surface area contributed by atoms with Gasteiger partial charge in [-0.3, -0.25) is 4.79 Å². The summed E-state index contributed by atoms with van der Waals surface area (Å²) in [6, 6.07) is 0. The Labute approximate surface area is 201 Å². The topological polar surface area (TPSA) is 57.5 Å². The van der Waals surface area contributed by atoms with Gasteiger partial charge in [-0.15, -0.1) is 0 Å². The minimum absolute atomic E-state index is 0.0630. The molecule has 8 atom stereocenters. The molecule has 3 nitrogen and oxygen atoms in total. The first kappa shape index (κ1) is 23.9. The van der Waals surface area contributed by atoms with Crippen LogP contribution in [0.2, 0.25) is 0 Å². The molecule has 3 heteroatoms. The fourth-order valence-corrected chi connectivity index (χ4v) is 10.9. The molecule has 5 rings (SSSR count). The number of hydrogen-bond acceptors (Lipinski definition) is 2. The number of aliphatic carboxylic acids is 1. The van der Waals surface area contributed by atoms with E-state index in [1.54, 1.807) is 0 Å². The number of allylic oxidation sites excluding steroid dienone is 2. The standard InChI is InChI=1S/C30H48O3/c1-25(2)12-14-30(24(32)33)15-13-28(6)20(21(30)18-25)8-9-23-27(5)17-19(31)16-26(3,4)22(27)10-11-29(23,28)7/h8,19,21-23,31H,9-18H2,1-7H3,(H,32,33)/t19?,21-,22?,23+,27-,28+,29+,30-/m0/s1. The lowest BCUT2D eigenvalue weighted by atomic mass is 9.33. The Bertz CT molecular complexity index is 885. The van der Waals surface area contributed by atoms with Crippen LogP contribution in [0.5, 0.6) is 0 Å². The Balaban J connectivity index is 1.61. The SMILES string of the molecule is CC1(C)CC[C@]2(C(=O)O)CC[C@]3(C)C(=CC[C@@H]4[C@@]5(C)CC(O)CC(C)(C)C5CC[C@]43C)[C@@H]2C1. The first-order valence-corrected chi connectivity index (χ1v) is 13.7. The van der Waals surface area contributed by atoms with Crippen LogP contribution in [0, 0.1) is 50.2 Å². The molecule has 0 aliphatic heterocycles. The van der Waals surface area contributed by atoms with Crippen molar-refractivity contribution in [3.63, 3.8) is 0 Å². The van der Waals surface area contributed by atoms with Gasteiger partial charge in [-0.2, -0.15) is 0 Å². The maximum atomic E-state index is 12.8. The van der Waals surface area contributed by atoms with E-state index < -0.39 is 11.4 Å². The van der Waals surface area contributed by atoms with Crippen molar-refractivity contribution in [2.24, 2.45) is 50.2 Å². The average molecular weight is 457 g/mol. The van der Waals surface area contributed by atoms with Gasteiger partial charge in [0.15, 0.2) is 0 Å².